The number of aromatic carboxylic acids is 1. The molecule has 196 valence electrons. The lowest BCUT2D eigenvalue weighted by Crippen LogP contribution is -2.07. The highest BCUT2D eigenvalue weighted by molar-refractivity contribution is 6.16. The lowest BCUT2D eigenvalue weighted by atomic mass is 9.97. The first kappa shape index (κ1) is 28.1. The van der Waals surface area contributed by atoms with E-state index in [-0.39, 0.29) is 0 Å². The summed E-state index contributed by atoms with van der Waals surface area (Å²) in [6.07, 6.45) is 3.18. The Morgan fingerprint density at radius 2 is 1.64 bits per heavy atom. The van der Waals surface area contributed by atoms with Gasteiger partial charge in [-0.05, 0) is 35.4 Å². The smallest absolute Gasteiger partial charge is 0.341 e. The van der Waals surface area contributed by atoms with Crippen LogP contribution >= 0.6 is 0 Å². The minimum absolute atomic E-state index is 0.309. The van der Waals surface area contributed by atoms with Crippen molar-refractivity contribution in [3.8, 4) is 17.7 Å². The van der Waals surface area contributed by atoms with Crippen LogP contribution in [0, 0.1) is 11.3 Å². The second-order valence-electron chi connectivity index (χ2n) is 7.82. The van der Waals surface area contributed by atoms with Crippen LogP contribution in [0.1, 0.15) is 32.7 Å². The topological polar surface area (TPSA) is 132 Å². The van der Waals surface area contributed by atoms with Gasteiger partial charge in [0.2, 0.25) is 5.88 Å². The predicted molar refractivity (Wildman–Crippen MR) is 143 cm³/mol. The lowest BCUT2D eigenvalue weighted by Gasteiger charge is -2.12. The molecule has 0 atom stereocenters. The number of carboxylic acid groups (broad SMARTS) is 1. The van der Waals surface area contributed by atoms with Crippen LogP contribution in [0.4, 0.5) is 0 Å². The Kier molecular flexibility index (Phi) is 10.3. The minimum Gasteiger partial charge on any atom is -0.503 e. The van der Waals surface area contributed by atoms with Crippen LogP contribution in [-0.2, 0) is 20.7 Å². The summed E-state index contributed by atoms with van der Waals surface area (Å²) in [5.41, 5.74) is 3.27. The third-order valence-electron chi connectivity index (χ3n) is 5.26. The Balaban J connectivity index is 0.000000395. The Hall–Kier alpha value is -5.49. The molecule has 0 aliphatic rings. The summed E-state index contributed by atoms with van der Waals surface area (Å²) in [6, 6.07) is 26.4. The molecule has 39 heavy (non-hydrogen) atoms. The molecule has 9 nitrogen and oxygen atoms in total. The zero-order valence-electron chi connectivity index (χ0n) is 21.3. The van der Waals surface area contributed by atoms with Crippen molar-refractivity contribution in [1.82, 2.24) is 9.97 Å². The van der Waals surface area contributed by atoms with E-state index in [0.717, 1.165) is 5.56 Å². The predicted octanol–water partition coefficient (Wildman–Crippen LogP) is 5.28. The van der Waals surface area contributed by atoms with Gasteiger partial charge in [0, 0.05) is 12.5 Å². The molecule has 4 aromatic rings. The lowest BCUT2D eigenvalue weighted by molar-refractivity contribution is -0.133. The fourth-order valence-electron chi connectivity index (χ4n) is 3.45. The molecule has 0 aliphatic carbocycles. The summed E-state index contributed by atoms with van der Waals surface area (Å²) < 4.78 is 15.7. The molecule has 0 bridgehead atoms. The van der Waals surface area contributed by atoms with Crippen molar-refractivity contribution in [2.75, 3.05) is 14.2 Å². The van der Waals surface area contributed by atoms with Gasteiger partial charge in [-0.25, -0.2) is 19.6 Å². The number of carboxylic acids is 1. The van der Waals surface area contributed by atoms with Crippen LogP contribution < -0.4 is 4.74 Å². The molecule has 9 heteroatoms. The fraction of sp³-hybridized carbons (Fsp3) is 0.100. The number of carbonyl (C=O) groups excluding carboxylic acids is 1. The highest BCUT2D eigenvalue weighted by atomic mass is 16.5. The zero-order valence-corrected chi connectivity index (χ0v) is 21.3. The van der Waals surface area contributed by atoms with Crippen molar-refractivity contribution in [2.45, 2.75) is 6.42 Å². The maximum Gasteiger partial charge on any atom is 0.341 e. The number of rotatable bonds is 8. The zero-order chi connectivity index (χ0) is 28.0. The van der Waals surface area contributed by atoms with Gasteiger partial charge in [-0.2, -0.15) is 5.26 Å². The van der Waals surface area contributed by atoms with Crippen LogP contribution in [-0.4, -0.2) is 41.2 Å². The number of benzene rings is 3. The van der Waals surface area contributed by atoms with E-state index >= 15 is 0 Å². The van der Waals surface area contributed by atoms with Crippen molar-refractivity contribution in [3.05, 3.63) is 125 Å². The first-order valence-electron chi connectivity index (χ1n) is 11.6. The third kappa shape index (κ3) is 8.00. The Morgan fingerprint density at radius 1 is 0.949 bits per heavy atom. The van der Waals surface area contributed by atoms with Gasteiger partial charge in [-0.1, -0.05) is 54.6 Å². The first-order valence-corrected chi connectivity index (χ1v) is 11.6. The van der Waals surface area contributed by atoms with Crippen molar-refractivity contribution in [2.24, 2.45) is 0 Å². The van der Waals surface area contributed by atoms with E-state index < -0.39 is 11.9 Å². The molecule has 0 aliphatic heterocycles. The van der Waals surface area contributed by atoms with E-state index in [1.165, 1.54) is 26.8 Å². The van der Waals surface area contributed by atoms with E-state index in [0.29, 0.717) is 46.0 Å². The van der Waals surface area contributed by atoms with Gasteiger partial charge in [0.15, 0.2) is 0 Å². The molecule has 1 aromatic heterocycles. The van der Waals surface area contributed by atoms with Crippen molar-refractivity contribution in [1.29, 1.82) is 5.26 Å². The van der Waals surface area contributed by atoms with Crippen LogP contribution in [0.5, 0.6) is 11.6 Å². The minimum atomic E-state index is -0.879. The number of nitriles is 1. The number of ether oxygens (including phenoxy) is 3. The number of para-hydroxylation sites is 1. The van der Waals surface area contributed by atoms with Crippen molar-refractivity contribution < 1.29 is 28.9 Å². The maximum absolute atomic E-state index is 12.2. The quantitative estimate of drug-likeness (QED) is 0.186. The summed E-state index contributed by atoms with van der Waals surface area (Å²) in [7, 11) is 2.79. The summed E-state index contributed by atoms with van der Waals surface area (Å²) >= 11 is 0. The van der Waals surface area contributed by atoms with E-state index in [9.17, 15) is 14.9 Å². The largest absolute Gasteiger partial charge is 0.503 e. The SMILES string of the molecule is COC=C(C(=O)OC)c1ccccc1Cc1cc(Oc2ccccc2C#N)ncn1.O=C(O)c1ccccc1. The molecule has 0 spiro atoms. The Labute approximate surface area is 225 Å². The van der Waals surface area contributed by atoms with Gasteiger partial charge in [-0.3, -0.25) is 0 Å². The van der Waals surface area contributed by atoms with E-state index in [2.05, 4.69) is 16.0 Å². The number of hydrogen-bond acceptors (Lipinski definition) is 8. The van der Waals surface area contributed by atoms with Gasteiger partial charge < -0.3 is 19.3 Å². The molecule has 0 fully saturated rings. The molecule has 0 radical (unpaired) electrons. The summed E-state index contributed by atoms with van der Waals surface area (Å²) in [4.78, 5) is 30.8. The highest BCUT2D eigenvalue weighted by Crippen LogP contribution is 2.26. The molecular formula is C30H25N3O6. The van der Waals surface area contributed by atoms with Gasteiger partial charge in [0.25, 0.3) is 0 Å². The molecule has 1 heterocycles. The van der Waals surface area contributed by atoms with Crippen molar-refractivity contribution >= 4 is 17.5 Å². The monoisotopic (exact) mass is 523 g/mol. The summed E-state index contributed by atoms with van der Waals surface area (Å²) in [5.74, 6) is -0.637. The summed E-state index contributed by atoms with van der Waals surface area (Å²) in [6.45, 7) is 0. The Morgan fingerprint density at radius 3 is 2.31 bits per heavy atom. The molecule has 0 saturated heterocycles. The van der Waals surface area contributed by atoms with Crippen LogP contribution in [0.15, 0.2) is 97.5 Å². The second-order valence-corrected chi connectivity index (χ2v) is 7.82. The van der Waals surface area contributed by atoms with E-state index in [4.69, 9.17) is 19.3 Å². The van der Waals surface area contributed by atoms with Gasteiger partial charge in [0.05, 0.1) is 37.3 Å². The second kappa shape index (κ2) is 14.3. The average Bonchev–Trinajstić information content (AvgIpc) is 2.97. The molecule has 1 N–H and O–H groups in total. The fourth-order valence-corrected chi connectivity index (χ4v) is 3.45. The third-order valence-corrected chi connectivity index (χ3v) is 5.26. The van der Waals surface area contributed by atoms with Crippen LogP contribution in [0.3, 0.4) is 0 Å². The first-order chi connectivity index (χ1) is 19.0. The highest BCUT2D eigenvalue weighted by Gasteiger charge is 2.17. The number of nitrogens with zero attached hydrogens (tertiary/aromatic N) is 3. The number of carbonyl (C=O) groups is 2. The van der Waals surface area contributed by atoms with E-state index in [1.807, 2.05) is 24.3 Å². The van der Waals surface area contributed by atoms with Gasteiger partial charge in [0.1, 0.15) is 23.7 Å². The van der Waals surface area contributed by atoms with Crippen LogP contribution in [0.25, 0.3) is 5.57 Å². The number of methoxy groups -OCH3 is 2. The number of esters is 1. The molecule has 0 amide bonds. The molecule has 0 saturated carbocycles. The summed E-state index contributed by atoms with van der Waals surface area (Å²) in [5, 5.41) is 17.6. The van der Waals surface area contributed by atoms with Crippen molar-refractivity contribution in [3.63, 3.8) is 0 Å². The standard InChI is InChI=1S/C23H19N3O4.C7H6O2/c1-28-14-20(23(27)29-2)19-9-5-3-7-16(19)11-18-12-22(26-15-25-18)30-21-10-6-4-8-17(21)13-24;8-7(9)6-4-2-1-3-5-6/h3-10,12,14-15H,11H2,1-2H3;1-5H,(H,8,9). The number of aromatic nitrogens is 2. The Bertz CT molecular complexity index is 1500. The van der Waals surface area contributed by atoms with E-state index in [1.54, 1.807) is 60.7 Å². The molecule has 0 unspecified atom stereocenters. The molecular weight excluding hydrogens is 498 g/mol. The van der Waals surface area contributed by atoms with Crippen LogP contribution in [0.2, 0.25) is 0 Å². The normalized spacial score (nSPS) is 10.3. The average molecular weight is 524 g/mol. The molecule has 3 aromatic carbocycles. The maximum atomic E-state index is 12.2. The molecule has 4 rings (SSSR count). The van der Waals surface area contributed by atoms with Gasteiger partial charge >= 0.3 is 11.9 Å². The van der Waals surface area contributed by atoms with Gasteiger partial charge in [-0.15, -0.1) is 0 Å². The number of hydrogen-bond donors (Lipinski definition) is 1.